The molecule has 1 amide bonds. The molecular weight excluding hydrogens is 362 g/mol. The first kappa shape index (κ1) is 19.1. The van der Waals surface area contributed by atoms with Crippen LogP contribution in [0.2, 0.25) is 0 Å². The predicted octanol–water partition coefficient (Wildman–Crippen LogP) is 5.76. The summed E-state index contributed by atoms with van der Waals surface area (Å²) in [6.07, 6.45) is 3.92. The number of rotatable bonds is 6. The van der Waals surface area contributed by atoms with Gasteiger partial charge in [-0.1, -0.05) is 30.3 Å². The highest BCUT2D eigenvalue weighted by Gasteiger charge is 2.19. The summed E-state index contributed by atoms with van der Waals surface area (Å²) in [5, 5.41) is 2.91. The van der Waals surface area contributed by atoms with Gasteiger partial charge in [0.2, 0.25) is 0 Å². The molecule has 4 nitrogen and oxygen atoms in total. The first-order valence-electron chi connectivity index (χ1n) is 10.1. The Labute approximate surface area is 171 Å². The molecule has 0 unspecified atom stereocenters. The molecule has 1 aliphatic carbocycles. The summed E-state index contributed by atoms with van der Waals surface area (Å²) in [7, 11) is 0. The third kappa shape index (κ3) is 4.77. The predicted molar refractivity (Wildman–Crippen MR) is 115 cm³/mol. The third-order valence-corrected chi connectivity index (χ3v) is 5.13. The lowest BCUT2D eigenvalue weighted by atomic mass is 9.91. The number of hydrogen-bond acceptors (Lipinski definition) is 3. The molecule has 3 aromatic carbocycles. The maximum atomic E-state index is 12.6. The van der Waals surface area contributed by atoms with Crippen LogP contribution in [0.1, 0.15) is 30.9 Å². The van der Waals surface area contributed by atoms with Crippen molar-refractivity contribution >= 4 is 11.6 Å². The van der Waals surface area contributed by atoms with Crippen LogP contribution in [0.15, 0.2) is 72.8 Å². The summed E-state index contributed by atoms with van der Waals surface area (Å²) < 4.78 is 11.8. The van der Waals surface area contributed by atoms with E-state index in [4.69, 9.17) is 9.47 Å². The van der Waals surface area contributed by atoms with Crippen LogP contribution in [0.25, 0.3) is 0 Å². The maximum absolute atomic E-state index is 12.6. The van der Waals surface area contributed by atoms with Crippen LogP contribution in [0.4, 0.5) is 5.69 Å². The Bertz CT molecular complexity index is 967. The maximum Gasteiger partial charge on any atom is 0.265 e. The summed E-state index contributed by atoms with van der Waals surface area (Å²) >= 11 is 0. The Kier molecular flexibility index (Phi) is 5.80. The van der Waals surface area contributed by atoms with Gasteiger partial charge in [-0.05, 0) is 86.2 Å². The topological polar surface area (TPSA) is 47.6 Å². The number of aryl methyl sites for hydroxylation is 1. The summed E-state index contributed by atoms with van der Waals surface area (Å²) in [4.78, 5) is 12.6. The molecule has 0 saturated carbocycles. The van der Waals surface area contributed by atoms with Crippen LogP contribution in [0, 0.1) is 0 Å². The van der Waals surface area contributed by atoms with Crippen molar-refractivity contribution in [3.05, 3.63) is 83.9 Å². The van der Waals surface area contributed by atoms with Gasteiger partial charge in [-0.3, -0.25) is 4.79 Å². The van der Waals surface area contributed by atoms with E-state index >= 15 is 0 Å². The number of carbonyl (C=O) groups is 1. The molecule has 1 N–H and O–H groups in total. The number of fused-ring (bicyclic) bond motifs is 1. The molecule has 0 heterocycles. The Morgan fingerprint density at radius 3 is 2.38 bits per heavy atom. The molecule has 29 heavy (non-hydrogen) atoms. The lowest BCUT2D eigenvalue weighted by Gasteiger charge is -2.22. The van der Waals surface area contributed by atoms with Crippen LogP contribution in [0.5, 0.6) is 17.2 Å². The first-order valence-corrected chi connectivity index (χ1v) is 10.1. The number of amides is 1. The van der Waals surface area contributed by atoms with Crippen LogP contribution in [-0.4, -0.2) is 12.0 Å². The Balaban J connectivity index is 1.36. The van der Waals surface area contributed by atoms with Gasteiger partial charge < -0.3 is 14.8 Å². The molecule has 4 heteroatoms. The molecule has 4 rings (SSSR count). The summed E-state index contributed by atoms with van der Waals surface area (Å²) in [5.41, 5.74) is 3.30. The normalized spacial score (nSPS) is 13.8. The lowest BCUT2D eigenvalue weighted by Crippen LogP contribution is -2.30. The van der Waals surface area contributed by atoms with E-state index in [-0.39, 0.29) is 5.91 Å². The second-order valence-corrected chi connectivity index (χ2v) is 7.29. The van der Waals surface area contributed by atoms with Crippen LogP contribution < -0.4 is 14.8 Å². The zero-order chi connectivity index (χ0) is 20.1. The molecule has 0 aromatic heterocycles. The van der Waals surface area contributed by atoms with Crippen molar-refractivity contribution in [2.75, 3.05) is 5.32 Å². The fraction of sp³-hybridized carbons (Fsp3) is 0.240. The van der Waals surface area contributed by atoms with Gasteiger partial charge in [-0.25, -0.2) is 0 Å². The van der Waals surface area contributed by atoms with E-state index in [0.717, 1.165) is 30.1 Å². The van der Waals surface area contributed by atoms with Crippen LogP contribution in [0.3, 0.4) is 0 Å². The number of carbonyl (C=O) groups excluding carboxylic acids is 1. The third-order valence-electron chi connectivity index (χ3n) is 5.13. The number of para-hydroxylation sites is 1. The summed E-state index contributed by atoms with van der Waals surface area (Å²) in [6.45, 7) is 1.78. The highest BCUT2D eigenvalue weighted by Crippen LogP contribution is 2.30. The average molecular weight is 387 g/mol. The van der Waals surface area contributed by atoms with Crippen molar-refractivity contribution in [1.82, 2.24) is 0 Å². The molecule has 0 fully saturated rings. The van der Waals surface area contributed by atoms with E-state index in [1.165, 1.54) is 24.0 Å². The fourth-order valence-corrected chi connectivity index (χ4v) is 3.58. The zero-order valence-electron chi connectivity index (χ0n) is 16.6. The minimum absolute atomic E-state index is 0.171. The van der Waals surface area contributed by atoms with Gasteiger partial charge >= 0.3 is 0 Å². The number of ether oxygens (including phenoxy) is 2. The molecule has 0 spiro atoms. The highest BCUT2D eigenvalue weighted by atomic mass is 16.5. The van der Waals surface area contributed by atoms with E-state index in [9.17, 15) is 4.79 Å². The second kappa shape index (κ2) is 8.82. The monoisotopic (exact) mass is 387 g/mol. The van der Waals surface area contributed by atoms with Gasteiger partial charge in [0.25, 0.3) is 5.91 Å². The molecule has 148 valence electrons. The van der Waals surface area contributed by atoms with E-state index < -0.39 is 6.10 Å². The Morgan fingerprint density at radius 1 is 0.862 bits per heavy atom. The van der Waals surface area contributed by atoms with E-state index in [2.05, 4.69) is 11.4 Å². The molecule has 1 atom stereocenters. The molecule has 0 aliphatic heterocycles. The van der Waals surface area contributed by atoms with Crippen LogP contribution in [-0.2, 0) is 17.6 Å². The van der Waals surface area contributed by atoms with Gasteiger partial charge in [0, 0.05) is 5.69 Å². The Morgan fingerprint density at radius 2 is 1.59 bits per heavy atom. The van der Waals surface area contributed by atoms with Crippen molar-refractivity contribution in [2.45, 2.75) is 38.7 Å². The van der Waals surface area contributed by atoms with Gasteiger partial charge in [0.1, 0.15) is 17.2 Å². The van der Waals surface area contributed by atoms with Crippen molar-refractivity contribution in [3.63, 3.8) is 0 Å². The van der Waals surface area contributed by atoms with Crippen LogP contribution >= 0.6 is 0 Å². The number of nitrogens with one attached hydrogen (secondary N) is 1. The van der Waals surface area contributed by atoms with E-state index in [1.54, 1.807) is 6.92 Å². The van der Waals surface area contributed by atoms with Gasteiger partial charge in [-0.15, -0.1) is 0 Å². The Hall–Kier alpha value is -3.27. The van der Waals surface area contributed by atoms with Gasteiger partial charge in [-0.2, -0.15) is 0 Å². The molecular formula is C25H25NO3. The summed E-state index contributed by atoms with van der Waals surface area (Å²) in [6, 6.07) is 23.0. The molecule has 3 aromatic rings. The minimum Gasteiger partial charge on any atom is -0.481 e. The smallest absolute Gasteiger partial charge is 0.265 e. The van der Waals surface area contributed by atoms with E-state index in [1.807, 2.05) is 66.7 Å². The molecule has 1 aliphatic rings. The standard InChI is InChI=1S/C25H25NO3/c1-18(28-24-13-7-9-19-8-5-6-12-23(19)24)25(27)26-20-14-16-22(17-15-20)29-21-10-3-2-4-11-21/h2-4,7,9-11,13-18H,5-6,8,12H2,1H3,(H,26,27)/t18-/m0/s1. The number of benzene rings is 3. The number of hydrogen-bond donors (Lipinski definition) is 1. The van der Waals surface area contributed by atoms with Gasteiger partial charge in [0.15, 0.2) is 6.10 Å². The quantitative estimate of drug-likeness (QED) is 0.585. The van der Waals surface area contributed by atoms with Crippen molar-refractivity contribution < 1.29 is 14.3 Å². The fourth-order valence-electron chi connectivity index (χ4n) is 3.58. The van der Waals surface area contributed by atoms with Crippen molar-refractivity contribution in [1.29, 1.82) is 0 Å². The van der Waals surface area contributed by atoms with Gasteiger partial charge in [0.05, 0.1) is 0 Å². The van der Waals surface area contributed by atoms with E-state index in [0.29, 0.717) is 5.69 Å². The first-order chi connectivity index (χ1) is 14.2. The minimum atomic E-state index is -0.580. The SMILES string of the molecule is C[C@H](Oc1cccc2c1CCCC2)C(=O)Nc1ccc(Oc2ccccc2)cc1. The molecule has 0 saturated heterocycles. The van der Waals surface area contributed by atoms with Crippen molar-refractivity contribution in [2.24, 2.45) is 0 Å². The number of anilines is 1. The highest BCUT2D eigenvalue weighted by molar-refractivity contribution is 5.94. The molecule has 0 radical (unpaired) electrons. The largest absolute Gasteiger partial charge is 0.481 e. The average Bonchev–Trinajstić information content (AvgIpc) is 2.76. The second-order valence-electron chi connectivity index (χ2n) is 7.29. The summed E-state index contributed by atoms with van der Waals surface area (Å²) in [5.74, 6) is 2.15. The van der Waals surface area contributed by atoms with Crippen molar-refractivity contribution in [3.8, 4) is 17.2 Å². The molecule has 0 bridgehead atoms. The lowest BCUT2D eigenvalue weighted by molar-refractivity contribution is -0.122. The zero-order valence-corrected chi connectivity index (χ0v) is 16.6.